The van der Waals surface area contributed by atoms with Gasteiger partial charge in [-0.3, -0.25) is 33.6 Å². The van der Waals surface area contributed by atoms with E-state index in [2.05, 4.69) is 21.3 Å². The average Bonchev–Trinajstić information content (AvgIpc) is 2.84. The Hall–Kier alpha value is -3.29. The molecule has 0 fully saturated rings. The van der Waals surface area contributed by atoms with Crippen LogP contribution < -0.4 is 32.7 Å². The molecule has 0 spiro atoms. The zero-order valence-electron chi connectivity index (χ0n) is 21.0. The number of hydrogen-bond acceptors (Lipinski definition) is 11. The first kappa shape index (κ1) is 35.7. The van der Waals surface area contributed by atoms with Crippen LogP contribution in [0, 0.1) is 0 Å². The molecule has 0 aromatic rings. The molecular formula is C20H34N6O11S2. The molecule has 5 atom stereocenters. The Kier molecular flexibility index (Phi) is 17.3. The molecule has 19 heteroatoms. The number of carbonyl (C=O) groups excluding carboxylic acids is 4. The summed E-state index contributed by atoms with van der Waals surface area (Å²) in [4.78, 5) is 81.5. The van der Waals surface area contributed by atoms with Gasteiger partial charge in [-0.2, -0.15) is 0 Å². The molecule has 0 radical (unpaired) electrons. The molecule has 0 saturated carbocycles. The number of rotatable bonds is 20. The van der Waals surface area contributed by atoms with Gasteiger partial charge in [0.25, 0.3) is 0 Å². The molecule has 17 nitrogen and oxygen atoms in total. The zero-order chi connectivity index (χ0) is 30.1. The van der Waals surface area contributed by atoms with Crippen LogP contribution in [0.1, 0.15) is 32.6 Å². The van der Waals surface area contributed by atoms with Crippen molar-refractivity contribution < 1.29 is 53.1 Å². The summed E-state index contributed by atoms with van der Waals surface area (Å²) in [5, 5.41) is 35.1. The second kappa shape index (κ2) is 18.9. The summed E-state index contributed by atoms with van der Waals surface area (Å²) in [5.74, 6) is -8.14. The van der Waals surface area contributed by atoms with Crippen LogP contribution in [-0.2, 0) is 43.4 Å². The van der Waals surface area contributed by atoms with Crippen molar-refractivity contribution >= 4 is 62.2 Å². The fourth-order valence-corrected chi connectivity index (χ4v) is 5.25. The van der Waals surface area contributed by atoms with Crippen LogP contribution in [0.4, 0.5) is 0 Å². The Morgan fingerprint density at radius 3 is 1.72 bits per heavy atom. The van der Waals surface area contributed by atoms with E-state index in [0.717, 1.165) is 0 Å². The van der Waals surface area contributed by atoms with E-state index in [1.165, 1.54) is 0 Å². The van der Waals surface area contributed by atoms with Crippen molar-refractivity contribution in [3.63, 3.8) is 0 Å². The quantitative estimate of drug-likeness (QED) is 0.0605. The SMILES string of the molecule is CC(N)CCC(=O)NC(CS(=O)SCC(NC(=O)CCC(N)C(=O)O)C(=O)NCC(=O)O)C(=O)NCC(=O)O. The Labute approximate surface area is 229 Å². The maximum atomic E-state index is 12.7. The summed E-state index contributed by atoms with van der Waals surface area (Å²) in [7, 11) is -1.38. The molecular weight excluding hydrogens is 564 g/mol. The number of aliphatic carboxylic acids is 3. The minimum absolute atomic E-state index is 0.0520. The zero-order valence-corrected chi connectivity index (χ0v) is 22.7. The molecule has 0 aliphatic heterocycles. The molecule has 0 heterocycles. The van der Waals surface area contributed by atoms with E-state index in [4.69, 9.17) is 26.8 Å². The van der Waals surface area contributed by atoms with Crippen molar-refractivity contribution in [3.8, 4) is 0 Å². The van der Waals surface area contributed by atoms with Gasteiger partial charge in [0.05, 0.1) is 15.6 Å². The van der Waals surface area contributed by atoms with E-state index < -0.39 is 88.3 Å². The Bertz CT molecular complexity index is 934. The lowest BCUT2D eigenvalue weighted by Crippen LogP contribution is -2.51. The fourth-order valence-electron chi connectivity index (χ4n) is 2.57. The summed E-state index contributed by atoms with van der Waals surface area (Å²) in [6.45, 7) is 0.134. The molecule has 0 bridgehead atoms. The van der Waals surface area contributed by atoms with Crippen molar-refractivity contribution in [1.29, 1.82) is 0 Å². The maximum absolute atomic E-state index is 12.7. The average molecular weight is 599 g/mol. The van der Waals surface area contributed by atoms with E-state index in [1.54, 1.807) is 6.92 Å². The second-order valence-electron chi connectivity index (χ2n) is 8.22. The lowest BCUT2D eigenvalue weighted by atomic mass is 10.1. The standard InChI is InChI=1S/C20H34N6O11S2/c1-10(21)2-4-14(27)26-13(19(34)24-7-17(31)32)9-39(37)38-8-12(18(33)23-6-16(29)30)25-15(28)5-3-11(22)20(35)36/h10-13H,2-9,21-22H2,1H3,(H,23,33)(H,24,34)(H,25,28)(H,26,27)(H,29,30)(H,31,32)(H,35,36). The van der Waals surface area contributed by atoms with Gasteiger partial charge in [0.2, 0.25) is 23.6 Å². The van der Waals surface area contributed by atoms with Gasteiger partial charge in [0.15, 0.2) is 0 Å². The van der Waals surface area contributed by atoms with Gasteiger partial charge >= 0.3 is 17.9 Å². The Morgan fingerprint density at radius 1 is 0.795 bits per heavy atom. The summed E-state index contributed by atoms with van der Waals surface area (Å²) in [6, 6.07) is -4.43. The van der Waals surface area contributed by atoms with Gasteiger partial charge in [-0.1, -0.05) is 10.8 Å². The first-order valence-electron chi connectivity index (χ1n) is 11.5. The van der Waals surface area contributed by atoms with Crippen molar-refractivity contribution in [1.82, 2.24) is 21.3 Å². The molecule has 0 rings (SSSR count). The minimum atomic E-state index is -1.97. The topological polar surface area (TPSA) is 297 Å². The maximum Gasteiger partial charge on any atom is 0.322 e. The lowest BCUT2D eigenvalue weighted by Gasteiger charge is -2.20. The van der Waals surface area contributed by atoms with Crippen LogP contribution in [0.25, 0.3) is 0 Å². The van der Waals surface area contributed by atoms with Crippen LogP contribution in [0.15, 0.2) is 0 Å². The van der Waals surface area contributed by atoms with Crippen LogP contribution >= 0.6 is 10.8 Å². The van der Waals surface area contributed by atoms with Gasteiger partial charge in [0, 0.05) is 24.6 Å². The van der Waals surface area contributed by atoms with Crippen LogP contribution in [0.3, 0.4) is 0 Å². The van der Waals surface area contributed by atoms with Gasteiger partial charge in [-0.15, -0.1) is 0 Å². The predicted octanol–water partition coefficient (Wildman–Crippen LogP) is -3.93. The Morgan fingerprint density at radius 2 is 1.26 bits per heavy atom. The number of amides is 4. The van der Waals surface area contributed by atoms with Gasteiger partial charge in [0.1, 0.15) is 31.2 Å². The van der Waals surface area contributed by atoms with Gasteiger partial charge in [-0.05, 0) is 19.8 Å². The summed E-state index contributed by atoms with van der Waals surface area (Å²) < 4.78 is 12.7. The van der Waals surface area contributed by atoms with Crippen LogP contribution in [0.2, 0.25) is 0 Å². The largest absolute Gasteiger partial charge is 0.480 e. The van der Waals surface area contributed by atoms with E-state index in [1.807, 2.05) is 0 Å². The first-order chi connectivity index (χ1) is 18.1. The highest BCUT2D eigenvalue weighted by Crippen LogP contribution is 2.12. The summed E-state index contributed by atoms with van der Waals surface area (Å²) >= 11 is 0. The predicted molar refractivity (Wildman–Crippen MR) is 138 cm³/mol. The third kappa shape index (κ3) is 17.8. The summed E-state index contributed by atoms with van der Waals surface area (Å²) in [6.07, 6.45) is -0.385. The Balaban J connectivity index is 5.33. The number of carboxylic acid groups (broad SMARTS) is 3. The lowest BCUT2D eigenvalue weighted by molar-refractivity contribution is -0.139. The highest BCUT2D eigenvalue weighted by molar-refractivity contribution is 8.69. The second-order valence-corrected chi connectivity index (χ2v) is 11.5. The molecule has 5 unspecified atom stereocenters. The molecule has 222 valence electrons. The number of hydrogen-bond donors (Lipinski definition) is 9. The third-order valence-electron chi connectivity index (χ3n) is 4.63. The summed E-state index contributed by atoms with van der Waals surface area (Å²) in [5.41, 5.74) is 10.9. The van der Waals surface area contributed by atoms with Crippen molar-refractivity contribution in [2.24, 2.45) is 11.5 Å². The van der Waals surface area contributed by atoms with Crippen molar-refractivity contribution in [2.45, 2.75) is 56.8 Å². The van der Waals surface area contributed by atoms with Crippen LogP contribution in [0.5, 0.6) is 0 Å². The molecule has 4 amide bonds. The molecule has 0 aromatic carbocycles. The minimum Gasteiger partial charge on any atom is -0.480 e. The van der Waals surface area contributed by atoms with Crippen molar-refractivity contribution in [3.05, 3.63) is 0 Å². The molecule has 0 aromatic heterocycles. The smallest absolute Gasteiger partial charge is 0.322 e. The normalized spacial score (nSPS) is 14.5. The van der Waals surface area contributed by atoms with Crippen LogP contribution in [-0.4, -0.2) is 110 Å². The number of nitrogens with two attached hydrogens (primary N) is 2. The van der Waals surface area contributed by atoms with E-state index in [0.29, 0.717) is 10.8 Å². The first-order valence-corrected chi connectivity index (χ1v) is 14.3. The number of nitrogens with one attached hydrogen (secondary N) is 4. The highest BCUT2D eigenvalue weighted by atomic mass is 33.1. The molecule has 0 saturated heterocycles. The number of carboxylic acids is 3. The number of carbonyl (C=O) groups is 7. The van der Waals surface area contributed by atoms with E-state index in [-0.39, 0.29) is 37.5 Å². The molecule has 0 aliphatic carbocycles. The highest BCUT2D eigenvalue weighted by Gasteiger charge is 2.27. The molecule has 11 N–H and O–H groups in total. The van der Waals surface area contributed by atoms with E-state index >= 15 is 0 Å². The van der Waals surface area contributed by atoms with Gasteiger partial charge < -0.3 is 48.1 Å². The third-order valence-corrected chi connectivity index (χ3v) is 7.57. The van der Waals surface area contributed by atoms with Crippen molar-refractivity contribution in [2.75, 3.05) is 24.6 Å². The molecule has 0 aliphatic rings. The molecule has 39 heavy (non-hydrogen) atoms. The fraction of sp³-hybridized carbons (Fsp3) is 0.650. The van der Waals surface area contributed by atoms with E-state index in [9.17, 15) is 37.8 Å². The van der Waals surface area contributed by atoms with Gasteiger partial charge in [-0.25, -0.2) is 4.21 Å². The monoisotopic (exact) mass is 598 g/mol.